The smallest absolute Gasteiger partial charge is 0.142 e. The minimum Gasteiger partial charge on any atom is -0.485 e. The first-order valence-corrected chi connectivity index (χ1v) is 6.55. The largest absolute Gasteiger partial charge is 0.485 e. The van der Waals surface area contributed by atoms with Crippen molar-refractivity contribution in [1.82, 2.24) is 4.90 Å². The first kappa shape index (κ1) is 13.0. The third kappa shape index (κ3) is 3.05. The number of nitrogens with one attached hydrogen (secondary N) is 1. The highest BCUT2D eigenvalue weighted by molar-refractivity contribution is 5.57. The molecule has 1 aromatic carbocycles. The summed E-state index contributed by atoms with van der Waals surface area (Å²) in [6, 6.07) is 8.60. The van der Waals surface area contributed by atoms with Crippen molar-refractivity contribution in [3.63, 3.8) is 0 Å². The molecule has 1 unspecified atom stereocenters. The summed E-state index contributed by atoms with van der Waals surface area (Å²) in [6.07, 6.45) is 2.15. The summed E-state index contributed by atoms with van der Waals surface area (Å²) < 4.78 is 6.02. The van der Waals surface area contributed by atoms with Gasteiger partial charge in [0.15, 0.2) is 0 Å². The molecule has 0 aromatic heterocycles. The number of hydrogen-bond acceptors (Lipinski definition) is 3. The molecule has 0 amide bonds. The molecule has 0 saturated heterocycles. The fourth-order valence-corrected chi connectivity index (χ4v) is 2.19. The Bertz CT molecular complexity index is 403. The van der Waals surface area contributed by atoms with E-state index in [1.165, 1.54) is 0 Å². The molecule has 98 valence electrons. The van der Waals surface area contributed by atoms with Crippen molar-refractivity contribution >= 4 is 5.69 Å². The molecule has 0 saturated carbocycles. The molecule has 1 aromatic rings. The number of ether oxygens (including phenoxy) is 1. The Morgan fingerprint density at radius 3 is 3.00 bits per heavy atom. The maximum Gasteiger partial charge on any atom is 0.142 e. The first-order chi connectivity index (χ1) is 8.70. The van der Waals surface area contributed by atoms with E-state index in [4.69, 9.17) is 4.74 Å². The number of nitrogens with zero attached hydrogens (tertiary/aromatic N) is 1. The minimum absolute atomic E-state index is 0.197. The van der Waals surface area contributed by atoms with Crippen LogP contribution in [0.15, 0.2) is 36.9 Å². The lowest BCUT2D eigenvalue weighted by Gasteiger charge is -2.33. The van der Waals surface area contributed by atoms with Gasteiger partial charge < -0.3 is 10.1 Å². The molecule has 1 aliphatic heterocycles. The van der Waals surface area contributed by atoms with Gasteiger partial charge in [-0.05, 0) is 26.0 Å². The molecule has 3 heteroatoms. The monoisotopic (exact) mass is 246 g/mol. The summed E-state index contributed by atoms with van der Waals surface area (Å²) in [7, 11) is 0. The van der Waals surface area contributed by atoms with Gasteiger partial charge in [-0.3, -0.25) is 4.90 Å². The second-order valence-electron chi connectivity index (χ2n) is 4.95. The zero-order valence-corrected chi connectivity index (χ0v) is 11.2. The van der Waals surface area contributed by atoms with Crippen LogP contribution in [0.2, 0.25) is 0 Å². The summed E-state index contributed by atoms with van der Waals surface area (Å²) in [5, 5.41) is 3.42. The van der Waals surface area contributed by atoms with E-state index in [1.807, 2.05) is 24.3 Å². The van der Waals surface area contributed by atoms with Gasteiger partial charge in [-0.1, -0.05) is 18.2 Å². The summed E-state index contributed by atoms with van der Waals surface area (Å²) in [5.74, 6) is 0.955. The van der Waals surface area contributed by atoms with E-state index in [0.717, 1.165) is 31.1 Å². The average Bonchev–Trinajstić information content (AvgIpc) is 2.38. The normalized spacial score (nSPS) is 18.1. The molecule has 1 aliphatic rings. The molecule has 0 bridgehead atoms. The Labute approximate surface area is 109 Å². The summed E-state index contributed by atoms with van der Waals surface area (Å²) in [4.78, 5) is 2.37. The lowest BCUT2D eigenvalue weighted by atomic mass is 10.2. The first-order valence-electron chi connectivity index (χ1n) is 6.55. The van der Waals surface area contributed by atoms with Crippen LogP contribution < -0.4 is 10.1 Å². The van der Waals surface area contributed by atoms with Crippen LogP contribution in [0, 0.1) is 0 Å². The minimum atomic E-state index is 0.197. The van der Waals surface area contributed by atoms with Crippen LogP contribution in [0.5, 0.6) is 5.75 Å². The standard InChI is InChI=1S/C15H22N2O/c1-4-9-17(12(2)3)11-13-10-16-14-7-5-6-8-15(14)18-13/h4-8,12-13,16H,1,9-11H2,2-3H3. The van der Waals surface area contributed by atoms with E-state index in [0.29, 0.717) is 6.04 Å². The second-order valence-corrected chi connectivity index (χ2v) is 4.95. The highest BCUT2D eigenvalue weighted by Gasteiger charge is 2.22. The van der Waals surface area contributed by atoms with Crippen molar-refractivity contribution in [3.8, 4) is 5.75 Å². The quantitative estimate of drug-likeness (QED) is 0.809. The van der Waals surface area contributed by atoms with Gasteiger partial charge in [-0.25, -0.2) is 0 Å². The number of hydrogen-bond donors (Lipinski definition) is 1. The molecule has 1 atom stereocenters. The number of fused-ring (bicyclic) bond motifs is 1. The summed E-state index contributed by atoms with van der Waals surface area (Å²) in [6.45, 7) is 10.9. The van der Waals surface area contributed by atoms with Gasteiger partial charge in [0.1, 0.15) is 11.9 Å². The Morgan fingerprint density at radius 1 is 1.50 bits per heavy atom. The molecular weight excluding hydrogens is 224 g/mol. The lowest BCUT2D eigenvalue weighted by Crippen LogP contribution is -2.44. The van der Waals surface area contributed by atoms with E-state index in [2.05, 4.69) is 36.7 Å². The molecule has 2 rings (SSSR count). The van der Waals surface area contributed by atoms with Crippen molar-refractivity contribution in [2.75, 3.05) is 25.0 Å². The molecule has 0 fully saturated rings. The molecule has 3 nitrogen and oxygen atoms in total. The van der Waals surface area contributed by atoms with E-state index in [-0.39, 0.29) is 6.10 Å². The predicted octanol–water partition coefficient (Wildman–Crippen LogP) is 2.76. The van der Waals surface area contributed by atoms with Crippen LogP contribution in [-0.4, -0.2) is 36.7 Å². The number of para-hydroxylation sites is 2. The average molecular weight is 246 g/mol. The van der Waals surface area contributed by atoms with E-state index in [9.17, 15) is 0 Å². The van der Waals surface area contributed by atoms with Crippen molar-refractivity contribution in [3.05, 3.63) is 36.9 Å². The Balaban J connectivity index is 1.98. The molecule has 0 radical (unpaired) electrons. The van der Waals surface area contributed by atoms with Crippen molar-refractivity contribution in [2.45, 2.75) is 26.0 Å². The third-order valence-electron chi connectivity index (χ3n) is 3.23. The number of anilines is 1. The van der Waals surface area contributed by atoms with Crippen LogP contribution in [0.1, 0.15) is 13.8 Å². The Kier molecular flexibility index (Phi) is 4.26. The molecule has 0 spiro atoms. The lowest BCUT2D eigenvalue weighted by molar-refractivity contribution is 0.125. The van der Waals surface area contributed by atoms with Crippen LogP contribution in [0.25, 0.3) is 0 Å². The van der Waals surface area contributed by atoms with Gasteiger partial charge >= 0.3 is 0 Å². The third-order valence-corrected chi connectivity index (χ3v) is 3.23. The van der Waals surface area contributed by atoms with Gasteiger partial charge in [0, 0.05) is 19.1 Å². The van der Waals surface area contributed by atoms with E-state index >= 15 is 0 Å². The Morgan fingerprint density at radius 2 is 2.28 bits per heavy atom. The van der Waals surface area contributed by atoms with Gasteiger partial charge in [0.25, 0.3) is 0 Å². The van der Waals surface area contributed by atoms with Crippen LogP contribution in [-0.2, 0) is 0 Å². The number of benzene rings is 1. The fraction of sp³-hybridized carbons (Fsp3) is 0.467. The van der Waals surface area contributed by atoms with Gasteiger partial charge in [-0.15, -0.1) is 6.58 Å². The van der Waals surface area contributed by atoms with Crippen molar-refractivity contribution in [2.24, 2.45) is 0 Å². The molecule has 1 N–H and O–H groups in total. The second kappa shape index (κ2) is 5.91. The van der Waals surface area contributed by atoms with E-state index in [1.54, 1.807) is 0 Å². The molecular formula is C15H22N2O. The predicted molar refractivity (Wildman–Crippen MR) is 76.3 cm³/mol. The maximum absolute atomic E-state index is 6.02. The van der Waals surface area contributed by atoms with Crippen molar-refractivity contribution < 1.29 is 4.74 Å². The van der Waals surface area contributed by atoms with Gasteiger partial charge in [0.05, 0.1) is 12.2 Å². The Hall–Kier alpha value is -1.48. The maximum atomic E-state index is 6.02. The SMILES string of the molecule is C=CCN(CC1CNc2ccccc2O1)C(C)C. The van der Waals surface area contributed by atoms with Crippen LogP contribution in [0.3, 0.4) is 0 Å². The van der Waals surface area contributed by atoms with Crippen LogP contribution in [0.4, 0.5) is 5.69 Å². The van der Waals surface area contributed by atoms with Gasteiger partial charge in [0.2, 0.25) is 0 Å². The highest BCUT2D eigenvalue weighted by Crippen LogP contribution is 2.28. The van der Waals surface area contributed by atoms with Gasteiger partial charge in [-0.2, -0.15) is 0 Å². The van der Waals surface area contributed by atoms with E-state index < -0.39 is 0 Å². The molecule has 18 heavy (non-hydrogen) atoms. The molecule has 1 heterocycles. The van der Waals surface area contributed by atoms with Crippen molar-refractivity contribution in [1.29, 1.82) is 0 Å². The fourth-order valence-electron chi connectivity index (χ4n) is 2.19. The number of rotatable bonds is 5. The zero-order chi connectivity index (χ0) is 13.0. The topological polar surface area (TPSA) is 24.5 Å². The zero-order valence-electron chi connectivity index (χ0n) is 11.2. The van der Waals surface area contributed by atoms with Crippen LogP contribution >= 0.6 is 0 Å². The summed E-state index contributed by atoms with van der Waals surface area (Å²) >= 11 is 0. The highest BCUT2D eigenvalue weighted by atomic mass is 16.5. The summed E-state index contributed by atoms with van der Waals surface area (Å²) in [5.41, 5.74) is 1.09. The molecule has 0 aliphatic carbocycles.